The van der Waals surface area contributed by atoms with Crippen LogP contribution in [0.2, 0.25) is 0 Å². The summed E-state index contributed by atoms with van der Waals surface area (Å²) in [5.41, 5.74) is -2.51. The monoisotopic (exact) mass is 401 g/mol. The normalized spacial score (nSPS) is 11.9. The number of rotatable bonds is 3. The summed E-state index contributed by atoms with van der Waals surface area (Å²) in [6.07, 6.45) is -4.07. The molecule has 2 aromatic rings. The number of hydrogen-bond donors (Lipinski definition) is 1. The van der Waals surface area contributed by atoms with Gasteiger partial charge in [0.15, 0.2) is 9.84 Å². The van der Waals surface area contributed by atoms with Gasteiger partial charge in [-0.1, -0.05) is 0 Å². The van der Waals surface area contributed by atoms with Crippen molar-refractivity contribution in [2.24, 2.45) is 7.05 Å². The molecule has 0 amide bonds. The molecule has 2 rings (SSSR count). The van der Waals surface area contributed by atoms with E-state index >= 15 is 0 Å². The van der Waals surface area contributed by atoms with Crippen molar-refractivity contribution in [1.29, 1.82) is 0 Å². The number of aromatic amines is 1. The number of ketones is 1. The Hall–Kier alpha value is -0.724. The number of nitrogens with one attached hydrogen (secondary N) is 1. The van der Waals surface area contributed by atoms with Crippen LogP contribution >= 0.6 is 0 Å². The summed E-state index contributed by atoms with van der Waals surface area (Å²) in [5.74, 6) is -0.955. The number of halogens is 3. The molecule has 0 radical (unpaired) electrons. The smallest absolute Gasteiger partial charge is 0.299 e. The van der Waals surface area contributed by atoms with Gasteiger partial charge in [-0.25, -0.2) is 8.42 Å². The largest absolute Gasteiger partial charge is 1.00 e. The standard InChI is InChI=1S/C14H13F3N2O4S.K/c1-7-11(13(21)19(2)18-7)12(20)9-5-4-8(14(15,16)17)6-10(9)24(3,22)23;/h4-6,18H,1-3H3;/q;+1. The van der Waals surface area contributed by atoms with E-state index in [9.17, 15) is 31.2 Å². The fourth-order valence-electron chi connectivity index (χ4n) is 2.28. The van der Waals surface area contributed by atoms with Crippen molar-refractivity contribution < 1.29 is 77.8 Å². The molecule has 0 aliphatic carbocycles. The number of carbonyl (C=O) groups is 1. The van der Waals surface area contributed by atoms with Crippen LogP contribution in [-0.2, 0) is 23.1 Å². The van der Waals surface area contributed by atoms with Gasteiger partial charge in [-0.05, 0) is 25.1 Å². The summed E-state index contributed by atoms with van der Waals surface area (Å²) < 4.78 is 63.1. The molecule has 1 heterocycles. The maximum absolute atomic E-state index is 12.8. The maximum Gasteiger partial charge on any atom is 1.00 e. The van der Waals surface area contributed by atoms with Crippen molar-refractivity contribution in [3.8, 4) is 0 Å². The molecule has 0 aliphatic heterocycles. The van der Waals surface area contributed by atoms with E-state index in [1.807, 2.05) is 0 Å². The van der Waals surface area contributed by atoms with Gasteiger partial charge in [0.1, 0.15) is 5.56 Å². The van der Waals surface area contributed by atoms with E-state index in [0.717, 1.165) is 10.7 Å². The van der Waals surface area contributed by atoms with Crippen LogP contribution in [0, 0.1) is 6.92 Å². The first-order chi connectivity index (χ1) is 10.8. The number of benzene rings is 1. The second kappa shape index (κ2) is 7.49. The van der Waals surface area contributed by atoms with Crippen LogP contribution in [0.4, 0.5) is 13.2 Å². The van der Waals surface area contributed by atoms with Gasteiger partial charge in [0.2, 0.25) is 5.78 Å². The molecule has 1 aromatic heterocycles. The summed E-state index contributed by atoms with van der Waals surface area (Å²) in [5, 5.41) is 2.57. The van der Waals surface area contributed by atoms with Crippen molar-refractivity contribution in [3.05, 3.63) is 50.9 Å². The summed E-state index contributed by atoms with van der Waals surface area (Å²) in [4.78, 5) is 23.8. The van der Waals surface area contributed by atoms with E-state index in [1.54, 1.807) is 0 Å². The third-order valence-electron chi connectivity index (χ3n) is 3.41. The molecule has 0 saturated heterocycles. The topological polar surface area (TPSA) is 89.0 Å². The Balaban J connectivity index is 0.00000312. The first-order valence-corrected chi connectivity index (χ1v) is 8.44. The third kappa shape index (κ3) is 4.52. The molecule has 0 atom stereocenters. The Morgan fingerprint density at radius 1 is 1.24 bits per heavy atom. The van der Waals surface area contributed by atoms with Crippen LogP contribution in [0.3, 0.4) is 0 Å². The summed E-state index contributed by atoms with van der Waals surface area (Å²) >= 11 is 0. The van der Waals surface area contributed by atoms with Gasteiger partial charge in [0.25, 0.3) is 5.56 Å². The van der Waals surface area contributed by atoms with Crippen molar-refractivity contribution in [2.45, 2.75) is 18.0 Å². The third-order valence-corrected chi connectivity index (χ3v) is 4.55. The zero-order valence-corrected chi connectivity index (χ0v) is 17.8. The van der Waals surface area contributed by atoms with Crippen LogP contribution < -0.4 is 56.9 Å². The fraction of sp³-hybridized carbons (Fsp3) is 0.286. The minimum absolute atomic E-state index is 0. The molecule has 0 unspecified atom stereocenters. The number of carbonyl (C=O) groups excluding carboxylic acids is 1. The fourth-order valence-corrected chi connectivity index (χ4v) is 3.18. The van der Waals surface area contributed by atoms with Crippen molar-refractivity contribution in [3.63, 3.8) is 0 Å². The number of alkyl halides is 3. The molecule has 1 N–H and O–H groups in total. The van der Waals surface area contributed by atoms with Gasteiger partial charge in [0.05, 0.1) is 10.5 Å². The number of hydrogen-bond acceptors (Lipinski definition) is 4. The van der Waals surface area contributed by atoms with Gasteiger partial charge in [-0.3, -0.25) is 19.4 Å². The van der Waals surface area contributed by atoms with E-state index in [1.165, 1.54) is 14.0 Å². The Bertz CT molecular complexity index is 990. The zero-order valence-electron chi connectivity index (χ0n) is 13.9. The number of aromatic nitrogens is 2. The molecule has 0 spiro atoms. The predicted octanol–water partition coefficient (Wildman–Crippen LogP) is -1.32. The second-order valence-corrected chi connectivity index (χ2v) is 7.27. The van der Waals surface area contributed by atoms with Crippen LogP contribution in [0.15, 0.2) is 27.9 Å². The van der Waals surface area contributed by atoms with E-state index in [0.29, 0.717) is 18.4 Å². The number of nitrogens with zero attached hydrogens (tertiary/aromatic N) is 1. The Labute approximate surface area is 183 Å². The van der Waals surface area contributed by atoms with Gasteiger partial charge in [-0.2, -0.15) is 13.2 Å². The first-order valence-electron chi connectivity index (χ1n) is 6.55. The maximum atomic E-state index is 12.8. The minimum atomic E-state index is -4.76. The molecule has 130 valence electrons. The Morgan fingerprint density at radius 2 is 1.80 bits per heavy atom. The molecule has 0 aliphatic rings. The van der Waals surface area contributed by atoms with Crippen molar-refractivity contribution in [2.75, 3.05) is 6.26 Å². The van der Waals surface area contributed by atoms with Crippen LogP contribution in [-0.4, -0.2) is 30.2 Å². The zero-order chi connectivity index (χ0) is 18.4. The minimum Gasteiger partial charge on any atom is -0.299 e. The molecular weight excluding hydrogens is 388 g/mol. The molecule has 0 bridgehead atoms. The van der Waals surface area contributed by atoms with Gasteiger partial charge >= 0.3 is 57.6 Å². The summed E-state index contributed by atoms with van der Waals surface area (Å²) in [7, 11) is -2.77. The van der Waals surface area contributed by atoms with E-state index in [-0.39, 0.29) is 62.6 Å². The van der Waals surface area contributed by atoms with E-state index < -0.39 is 43.4 Å². The van der Waals surface area contributed by atoms with Crippen LogP contribution in [0.25, 0.3) is 0 Å². The average molecular weight is 401 g/mol. The number of aryl methyl sites for hydroxylation is 2. The molecule has 11 heteroatoms. The molecule has 0 fully saturated rings. The first kappa shape index (κ1) is 22.3. The Kier molecular flexibility index (Phi) is 6.68. The molecule has 1 aromatic carbocycles. The van der Waals surface area contributed by atoms with Gasteiger partial charge in [0, 0.05) is 24.6 Å². The predicted molar refractivity (Wildman–Crippen MR) is 78.8 cm³/mol. The van der Waals surface area contributed by atoms with Crippen LogP contribution in [0.1, 0.15) is 27.2 Å². The number of H-pyrrole nitrogens is 1. The number of sulfone groups is 1. The molecule has 6 nitrogen and oxygen atoms in total. The molecular formula is C14H13F3KN2O4S+. The Morgan fingerprint density at radius 3 is 2.20 bits per heavy atom. The molecule has 25 heavy (non-hydrogen) atoms. The van der Waals surface area contributed by atoms with E-state index in [2.05, 4.69) is 5.10 Å². The summed E-state index contributed by atoms with van der Waals surface area (Å²) in [6, 6.07) is 1.77. The van der Waals surface area contributed by atoms with E-state index in [4.69, 9.17) is 0 Å². The average Bonchev–Trinajstić information content (AvgIpc) is 2.69. The summed E-state index contributed by atoms with van der Waals surface area (Å²) in [6.45, 7) is 1.43. The molecule has 0 saturated carbocycles. The van der Waals surface area contributed by atoms with Gasteiger partial charge < -0.3 is 0 Å². The van der Waals surface area contributed by atoms with Crippen molar-refractivity contribution >= 4 is 15.6 Å². The van der Waals surface area contributed by atoms with Gasteiger partial charge in [-0.15, -0.1) is 0 Å². The quantitative estimate of drug-likeness (QED) is 0.510. The van der Waals surface area contributed by atoms with Crippen LogP contribution in [0.5, 0.6) is 0 Å². The second-order valence-electron chi connectivity index (χ2n) is 5.29. The van der Waals surface area contributed by atoms with Crippen molar-refractivity contribution in [1.82, 2.24) is 9.78 Å². The SMILES string of the molecule is Cc1[nH]n(C)c(=O)c1C(=O)c1ccc(C(F)(F)F)cc1S(C)(=O)=O.[K+].